The summed E-state index contributed by atoms with van der Waals surface area (Å²) in [5.74, 6) is 1.21. The van der Waals surface area contributed by atoms with Crippen LogP contribution in [0.25, 0.3) is 0 Å². The molecule has 0 spiro atoms. The summed E-state index contributed by atoms with van der Waals surface area (Å²) in [4.78, 5) is 32.7. The Morgan fingerprint density at radius 2 is 2.04 bits per heavy atom. The van der Waals surface area contributed by atoms with Gasteiger partial charge in [0.2, 0.25) is 0 Å². The first-order valence-electron chi connectivity index (χ1n) is 8.98. The van der Waals surface area contributed by atoms with Crippen molar-refractivity contribution in [3.8, 4) is 11.5 Å². The second-order valence-corrected chi connectivity index (χ2v) is 6.76. The molecule has 1 unspecified atom stereocenters. The maximum atomic E-state index is 12.8. The fraction of sp³-hybridized carbons (Fsp3) is 0.350. The Morgan fingerprint density at radius 3 is 2.81 bits per heavy atom. The van der Waals surface area contributed by atoms with E-state index in [1.165, 1.54) is 4.90 Å². The van der Waals surface area contributed by atoms with Crippen LogP contribution in [0, 0.1) is 6.92 Å². The summed E-state index contributed by atoms with van der Waals surface area (Å²) in [5.41, 5.74) is 1.46. The molecular weight excluding hydrogens is 330 g/mol. The molecule has 134 valence electrons. The number of hydrogen-bond donors (Lipinski definition) is 0. The number of imide groups is 1. The number of anilines is 1. The second-order valence-electron chi connectivity index (χ2n) is 6.76. The monoisotopic (exact) mass is 351 g/mol. The molecule has 0 saturated carbocycles. The fourth-order valence-electron chi connectivity index (χ4n) is 3.63. The lowest BCUT2D eigenvalue weighted by Gasteiger charge is -2.18. The number of aryl methyl sites for hydroxylation is 1. The summed E-state index contributed by atoms with van der Waals surface area (Å²) in [5, 5.41) is 0. The summed E-state index contributed by atoms with van der Waals surface area (Å²) in [6.07, 6.45) is 7.10. The molecule has 6 nitrogen and oxygen atoms in total. The lowest BCUT2D eigenvalue weighted by atomic mass is 10.1. The van der Waals surface area contributed by atoms with Gasteiger partial charge in [-0.15, -0.1) is 0 Å². The molecular formula is C20H21N3O3. The maximum Gasteiger partial charge on any atom is 0.332 e. The molecule has 0 radical (unpaired) electrons. The molecule has 1 atom stereocenters. The van der Waals surface area contributed by atoms with Gasteiger partial charge in [-0.3, -0.25) is 9.78 Å². The lowest BCUT2D eigenvalue weighted by Crippen LogP contribution is -2.34. The van der Waals surface area contributed by atoms with Crippen LogP contribution in [-0.4, -0.2) is 34.4 Å². The maximum absolute atomic E-state index is 12.8. The first-order valence-corrected chi connectivity index (χ1v) is 8.98. The van der Waals surface area contributed by atoms with Crippen LogP contribution in [0.4, 0.5) is 10.5 Å². The number of hydrogen-bond acceptors (Lipinski definition) is 4. The van der Waals surface area contributed by atoms with E-state index in [0.717, 1.165) is 31.2 Å². The third-order valence-corrected chi connectivity index (χ3v) is 4.97. The van der Waals surface area contributed by atoms with Crippen molar-refractivity contribution >= 4 is 17.6 Å². The summed E-state index contributed by atoms with van der Waals surface area (Å²) in [7, 11) is 0. The number of rotatable bonds is 3. The van der Waals surface area contributed by atoms with E-state index in [1.807, 2.05) is 19.1 Å². The molecule has 2 aliphatic rings. The number of carbonyl (C=O) groups excluding carboxylic acids is 2. The number of urea groups is 1. The van der Waals surface area contributed by atoms with E-state index in [2.05, 4.69) is 4.98 Å². The van der Waals surface area contributed by atoms with E-state index in [-0.39, 0.29) is 18.0 Å². The van der Waals surface area contributed by atoms with Gasteiger partial charge >= 0.3 is 6.03 Å². The average Bonchev–Trinajstić information content (AvgIpc) is 2.82. The van der Waals surface area contributed by atoms with Crippen molar-refractivity contribution in [2.45, 2.75) is 38.6 Å². The van der Waals surface area contributed by atoms with Crippen molar-refractivity contribution in [3.05, 3.63) is 48.3 Å². The zero-order valence-corrected chi connectivity index (χ0v) is 14.7. The van der Waals surface area contributed by atoms with Crippen LogP contribution >= 0.6 is 0 Å². The highest BCUT2D eigenvalue weighted by Crippen LogP contribution is 2.33. The molecule has 1 aromatic carbocycles. The van der Waals surface area contributed by atoms with E-state index in [9.17, 15) is 9.59 Å². The van der Waals surface area contributed by atoms with Gasteiger partial charge in [0.1, 0.15) is 17.5 Å². The first-order chi connectivity index (χ1) is 12.6. The van der Waals surface area contributed by atoms with Gasteiger partial charge in [-0.25, -0.2) is 9.69 Å². The second kappa shape index (κ2) is 6.78. The van der Waals surface area contributed by atoms with Crippen LogP contribution < -0.4 is 9.64 Å². The van der Waals surface area contributed by atoms with Gasteiger partial charge in [0, 0.05) is 12.7 Å². The number of fused-ring (bicyclic) bond motifs is 1. The van der Waals surface area contributed by atoms with Crippen molar-refractivity contribution in [3.63, 3.8) is 0 Å². The molecule has 2 saturated heterocycles. The number of aromatic nitrogens is 1. The number of carbonyl (C=O) groups is 2. The lowest BCUT2D eigenvalue weighted by molar-refractivity contribution is -0.119. The first kappa shape index (κ1) is 16.6. The van der Waals surface area contributed by atoms with E-state index in [1.54, 1.807) is 35.5 Å². The van der Waals surface area contributed by atoms with Crippen molar-refractivity contribution in [1.82, 2.24) is 9.88 Å². The number of ether oxygens (including phenoxy) is 1. The van der Waals surface area contributed by atoms with Crippen LogP contribution in [-0.2, 0) is 4.79 Å². The van der Waals surface area contributed by atoms with Crippen molar-refractivity contribution < 1.29 is 14.3 Å². The van der Waals surface area contributed by atoms with Gasteiger partial charge in [0.15, 0.2) is 0 Å². The Labute approximate surface area is 152 Å². The van der Waals surface area contributed by atoms with Crippen molar-refractivity contribution in [2.75, 3.05) is 11.4 Å². The summed E-state index contributed by atoms with van der Waals surface area (Å²) in [6.45, 7) is 2.56. The van der Waals surface area contributed by atoms with E-state index < -0.39 is 0 Å². The van der Waals surface area contributed by atoms with Crippen molar-refractivity contribution in [1.29, 1.82) is 0 Å². The predicted octanol–water partition coefficient (Wildman–Crippen LogP) is 3.89. The van der Waals surface area contributed by atoms with Crippen LogP contribution in [0.1, 0.15) is 31.2 Å². The molecule has 1 aromatic heterocycles. The quantitative estimate of drug-likeness (QED) is 0.787. The van der Waals surface area contributed by atoms with Crippen LogP contribution in [0.3, 0.4) is 0 Å². The highest BCUT2D eigenvalue weighted by atomic mass is 16.5. The molecule has 3 heterocycles. The molecule has 4 rings (SSSR count). The molecule has 0 N–H and O–H groups in total. The van der Waals surface area contributed by atoms with Gasteiger partial charge in [-0.05, 0) is 55.7 Å². The van der Waals surface area contributed by atoms with Gasteiger partial charge in [-0.2, -0.15) is 0 Å². The summed E-state index contributed by atoms with van der Waals surface area (Å²) in [6, 6.07) is 8.50. The fourth-order valence-corrected chi connectivity index (χ4v) is 3.63. The van der Waals surface area contributed by atoms with Crippen LogP contribution in [0.2, 0.25) is 0 Å². The Balaban J connectivity index is 1.59. The standard InChI is InChI=1S/C20H21N3O3/c1-14-12-15(8-9-18(14)26-16-6-5-10-21-13-16)23-19(24)17-7-3-2-4-11-22(17)20(23)25/h5-6,8-10,12-13,17H,2-4,7,11H2,1H3. The zero-order chi connectivity index (χ0) is 18.1. The van der Waals surface area contributed by atoms with Crippen LogP contribution in [0.15, 0.2) is 42.7 Å². The normalized spacial score (nSPS) is 20.1. The Hall–Kier alpha value is -2.89. The van der Waals surface area contributed by atoms with E-state index in [0.29, 0.717) is 23.7 Å². The average molecular weight is 351 g/mol. The molecule has 26 heavy (non-hydrogen) atoms. The van der Waals surface area contributed by atoms with E-state index >= 15 is 0 Å². The van der Waals surface area contributed by atoms with Gasteiger partial charge in [-0.1, -0.05) is 12.8 Å². The summed E-state index contributed by atoms with van der Waals surface area (Å²) < 4.78 is 5.83. The molecule has 2 fully saturated rings. The molecule has 3 amide bonds. The third-order valence-electron chi connectivity index (χ3n) is 4.97. The number of amides is 3. The minimum Gasteiger partial charge on any atom is -0.455 e. The van der Waals surface area contributed by atoms with Gasteiger partial charge in [0.05, 0.1) is 11.9 Å². The topological polar surface area (TPSA) is 62.7 Å². The summed E-state index contributed by atoms with van der Waals surface area (Å²) >= 11 is 0. The number of pyridine rings is 1. The molecule has 0 bridgehead atoms. The smallest absolute Gasteiger partial charge is 0.332 e. The Kier molecular flexibility index (Phi) is 4.32. The third kappa shape index (κ3) is 2.92. The predicted molar refractivity (Wildman–Crippen MR) is 97.3 cm³/mol. The molecule has 2 aromatic rings. The van der Waals surface area contributed by atoms with Crippen LogP contribution in [0.5, 0.6) is 11.5 Å². The minimum absolute atomic E-state index is 0.114. The van der Waals surface area contributed by atoms with Gasteiger partial charge < -0.3 is 9.64 Å². The SMILES string of the molecule is Cc1cc(N2C(=O)C3CCCCCN3C2=O)ccc1Oc1cccnc1. The highest BCUT2D eigenvalue weighted by Gasteiger charge is 2.45. The molecule has 6 heteroatoms. The Morgan fingerprint density at radius 1 is 1.15 bits per heavy atom. The van der Waals surface area contributed by atoms with Crippen molar-refractivity contribution in [2.24, 2.45) is 0 Å². The largest absolute Gasteiger partial charge is 0.455 e. The Bertz CT molecular complexity index is 813. The number of benzene rings is 1. The van der Waals surface area contributed by atoms with E-state index in [4.69, 9.17) is 4.74 Å². The zero-order valence-electron chi connectivity index (χ0n) is 14.7. The minimum atomic E-state index is -0.309. The molecule has 0 aliphatic carbocycles. The highest BCUT2D eigenvalue weighted by molar-refractivity contribution is 6.21. The molecule has 2 aliphatic heterocycles. The number of nitrogens with zero attached hydrogens (tertiary/aromatic N) is 3. The van der Waals surface area contributed by atoms with Gasteiger partial charge in [0.25, 0.3) is 5.91 Å².